The maximum atomic E-state index is 4.93. The number of nitrogens with zero attached hydrogens (tertiary/aromatic N) is 6. The van der Waals surface area contributed by atoms with E-state index in [0.717, 1.165) is 49.3 Å². The number of aromatic nitrogens is 4. The van der Waals surface area contributed by atoms with E-state index in [1.54, 1.807) is 0 Å². The third kappa shape index (κ3) is 3.13. The van der Waals surface area contributed by atoms with Gasteiger partial charge < -0.3 is 9.80 Å². The molecule has 0 unspecified atom stereocenters. The Morgan fingerprint density at radius 2 is 1.54 bits per heavy atom. The molecule has 0 spiro atoms. The summed E-state index contributed by atoms with van der Waals surface area (Å²) in [6.45, 7) is 5.81. The number of piperazine rings is 1. The van der Waals surface area contributed by atoms with Crippen LogP contribution in [0.1, 0.15) is 61.0 Å². The fourth-order valence-electron chi connectivity index (χ4n) is 3.76. The maximum Gasteiger partial charge on any atom is 0.225 e. The summed E-state index contributed by atoms with van der Waals surface area (Å²) in [7, 11) is 0. The number of aryl methyl sites for hydroxylation is 1. The molecular formula is C20H26N6. The molecule has 0 bridgehead atoms. The summed E-state index contributed by atoms with van der Waals surface area (Å²) < 4.78 is 0. The van der Waals surface area contributed by atoms with Gasteiger partial charge >= 0.3 is 0 Å². The van der Waals surface area contributed by atoms with Crippen molar-refractivity contribution in [2.45, 2.75) is 50.9 Å². The highest BCUT2D eigenvalue weighted by Gasteiger charge is 2.31. The standard InChI is InChI=1S/C20H26N6/c1-14-12-21-20(22-13-14)26-9-7-25(8-10-26)18-11-17(15-3-2-4-15)23-19(24-18)16-5-6-16/h11-13,15-16H,2-10H2,1H3. The normalized spacial score (nSPS) is 21.0. The van der Waals surface area contributed by atoms with E-state index in [1.165, 1.54) is 37.8 Å². The van der Waals surface area contributed by atoms with E-state index in [0.29, 0.717) is 11.8 Å². The summed E-state index contributed by atoms with van der Waals surface area (Å²) in [6.07, 6.45) is 10.2. The van der Waals surface area contributed by atoms with E-state index in [9.17, 15) is 0 Å². The summed E-state index contributed by atoms with van der Waals surface area (Å²) in [4.78, 5) is 23.5. The van der Waals surface area contributed by atoms with Crippen molar-refractivity contribution in [2.75, 3.05) is 36.0 Å². The van der Waals surface area contributed by atoms with Crippen LogP contribution in [0.15, 0.2) is 18.5 Å². The number of hydrogen-bond donors (Lipinski definition) is 0. The van der Waals surface area contributed by atoms with Crippen molar-refractivity contribution in [2.24, 2.45) is 0 Å². The molecule has 136 valence electrons. The predicted octanol–water partition coefficient (Wildman–Crippen LogP) is 3.05. The van der Waals surface area contributed by atoms with E-state index in [2.05, 4.69) is 25.8 Å². The third-order valence-corrected chi connectivity index (χ3v) is 5.87. The largest absolute Gasteiger partial charge is 0.353 e. The summed E-state index contributed by atoms with van der Waals surface area (Å²) in [5.74, 6) is 4.33. The Morgan fingerprint density at radius 3 is 2.15 bits per heavy atom. The Bertz CT molecular complexity index is 773. The highest BCUT2D eigenvalue weighted by atomic mass is 15.3. The minimum Gasteiger partial charge on any atom is -0.353 e. The van der Waals surface area contributed by atoms with E-state index in [-0.39, 0.29) is 0 Å². The summed E-state index contributed by atoms with van der Waals surface area (Å²) in [5.41, 5.74) is 2.39. The zero-order valence-corrected chi connectivity index (χ0v) is 15.4. The first kappa shape index (κ1) is 16.0. The van der Waals surface area contributed by atoms with Gasteiger partial charge in [0.25, 0.3) is 0 Å². The highest BCUT2D eigenvalue weighted by Crippen LogP contribution is 2.41. The van der Waals surface area contributed by atoms with Crippen LogP contribution in [0.2, 0.25) is 0 Å². The molecule has 1 aliphatic heterocycles. The molecule has 2 saturated carbocycles. The van der Waals surface area contributed by atoms with Gasteiger partial charge in [0.15, 0.2) is 0 Å². The minimum atomic E-state index is 0.607. The second kappa shape index (κ2) is 6.49. The van der Waals surface area contributed by atoms with Crippen molar-refractivity contribution in [3.8, 4) is 0 Å². The second-order valence-electron chi connectivity index (χ2n) is 7.95. The number of anilines is 2. The predicted molar refractivity (Wildman–Crippen MR) is 102 cm³/mol. The molecule has 1 saturated heterocycles. The van der Waals surface area contributed by atoms with Crippen molar-refractivity contribution in [3.05, 3.63) is 35.5 Å². The molecule has 2 aliphatic carbocycles. The van der Waals surface area contributed by atoms with Gasteiger partial charge in [0.05, 0.1) is 0 Å². The Balaban J connectivity index is 1.32. The molecular weight excluding hydrogens is 324 g/mol. The van der Waals surface area contributed by atoms with Gasteiger partial charge in [-0.25, -0.2) is 19.9 Å². The van der Waals surface area contributed by atoms with Gasteiger partial charge in [0.1, 0.15) is 11.6 Å². The quantitative estimate of drug-likeness (QED) is 0.845. The lowest BCUT2D eigenvalue weighted by Crippen LogP contribution is -2.47. The average molecular weight is 350 g/mol. The Hall–Kier alpha value is -2.24. The number of hydrogen-bond acceptors (Lipinski definition) is 6. The van der Waals surface area contributed by atoms with Gasteiger partial charge in [0.2, 0.25) is 5.95 Å². The lowest BCUT2D eigenvalue weighted by atomic mass is 9.83. The first-order valence-electron chi connectivity index (χ1n) is 9.94. The summed E-state index contributed by atoms with van der Waals surface area (Å²) >= 11 is 0. The lowest BCUT2D eigenvalue weighted by Gasteiger charge is -2.36. The smallest absolute Gasteiger partial charge is 0.225 e. The molecule has 6 heteroatoms. The van der Waals surface area contributed by atoms with E-state index < -0.39 is 0 Å². The molecule has 3 aliphatic rings. The van der Waals surface area contributed by atoms with Crippen LogP contribution in [-0.4, -0.2) is 46.1 Å². The van der Waals surface area contributed by atoms with Gasteiger partial charge in [-0.15, -0.1) is 0 Å². The zero-order chi connectivity index (χ0) is 17.5. The Kier molecular flexibility index (Phi) is 3.98. The van der Waals surface area contributed by atoms with Gasteiger partial charge in [-0.3, -0.25) is 0 Å². The average Bonchev–Trinajstić information content (AvgIpc) is 3.46. The summed E-state index contributed by atoms with van der Waals surface area (Å²) in [6, 6.07) is 2.26. The van der Waals surface area contributed by atoms with E-state index in [4.69, 9.17) is 9.97 Å². The SMILES string of the molecule is Cc1cnc(N2CCN(c3cc(C4CCC4)nc(C4CC4)n3)CC2)nc1. The van der Waals surface area contributed by atoms with Gasteiger partial charge in [-0.2, -0.15) is 0 Å². The van der Waals surface area contributed by atoms with E-state index >= 15 is 0 Å². The number of rotatable bonds is 4. The molecule has 0 aromatic carbocycles. The van der Waals surface area contributed by atoms with Crippen LogP contribution in [0.25, 0.3) is 0 Å². The summed E-state index contributed by atoms with van der Waals surface area (Å²) in [5, 5.41) is 0. The van der Waals surface area contributed by atoms with E-state index in [1.807, 2.05) is 19.3 Å². The monoisotopic (exact) mass is 350 g/mol. The molecule has 3 fully saturated rings. The molecule has 26 heavy (non-hydrogen) atoms. The van der Waals surface area contributed by atoms with Crippen LogP contribution in [0.5, 0.6) is 0 Å². The van der Waals surface area contributed by atoms with Crippen LogP contribution in [0.4, 0.5) is 11.8 Å². The molecule has 3 heterocycles. The Labute approximate surface area is 154 Å². The fraction of sp³-hybridized carbons (Fsp3) is 0.600. The van der Waals surface area contributed by atoms with Crippen molar-refractivity contribution in [1.29, 1.82) is 0 Å². The molecule has 0 N–H and O–H groups in total. The molecule has 0 radical (unpaired) electrons. The first-order chi connectivity index (χ1) is 12.8. The zero-order valence-electron chi connectivity index (χ0n) is 15.4. The molecule has 5 rings (SSSR count). The van der Waals surface area contributed by atoms with Gasteiger partial charge in [-0.05, 0) is 38.2 Å². The van der Waals surface area contributed by atoms with Gasteiger partial charge in [-0.1, -0.05) is 6.42 Å². The topological polar surface area (TPSA) is 58.0 Å². The fourth-order valence-corrected chi connectivity index (χ4v) is 3.76. The van der Waals surface area contributed by atoms with Crippen molar-refractivity contribution < 1.29 is 0 Å². The van der Waals surface area contributed by atoms with Crippen LogP contribution >= 0.6 is 0 Å². The second-order valence-corrected chi connectivity index (χ2v) is 7.95. The molecule has 2 aromatic rings. The molecule has 0 amide bonds. The Morgan fingerprint density at radius 1 is 0.846 bits per heavy atom. The minimum absolute atomic E-state index is 0.607. The van der Waals surface area contributed by atoms with Crippen LogP contribution < -0.4 is 9.80 Å². The third-order valence-electron chi connectivity index (χ3n) is 5.87. The van der Waals surface area contributed by atoms with Crippen LogP contribution in [0, 0.1) is 6.92 Å². The molecule has 6 nitrogen and oxygen atoms in total. The molecule has 0 atom stereocenters. The lowest BCUT2D eigenvalue weighted by molar-refractivity contribution is 0.409. The maximum absolute atomic E-state index is 4.93. The van der Waals surface area contributed by atoms with Gasteiger partial charge in [0, 0.05) is 62.2 Å². The van der Waals surface area contributed by atoms with Crippen molar-refractivity contribution in [1.82, 2.24) is 19.9 Å². The highest BCUT2D eigenvalue weighted by molar-refractivity contribution is 5.44. The van der Waals surface area contributed by atoms with Crippen molar-refractivity contribution >= 4 is 11.8 Å². The first-order valence-corrected chi connectivity index (χ1v) is 9.94. The molecule has 2 aromatic heterocycles. The van der Waals surface area contributed by atoms with Crippen molar-refractivity contribution in [3.63, 3.8) is 0 Å². The van der Waals surface area contributed by atoms with Crippen LogP contribution in [0.3, 0.4) is 0 Å². The van der Waals surface area contributed by atoms with Crippen LogP contribution in [-0.2, 0) is 0 Å².